The van der Waals surface area contributed by atoms with E-state index in [1.807, 2.05) is 19.0 Å². The first-order chi connectivity index (χ1) is 30.5. The van der Waals surface area contributed by atoms with Crippen molar-refractivity contribution in [1.82, 2.24) is 4.90 Å². The summed E-state index contributed by atoms with van der Waals surface area (Å²) in [5.41, 5.74) is 0. The lowest BCUT2D eigenvalue weighted by Crippen LogP contribution is -2.23. The van der Waals surface area contributed by atoms with Gasteiger partial charge in [0.05, 0.1) is 6.10 Å². The Labute approximate surface area is 388 Å². The van der Waals surface area contributed by atoms with Gasteiger partial charge >= 0.3 is 23.9 Å². The third kappa shape index (κ3) is 54.0. The van der Waals surface area contributed by atoms with Crippen LogP contribution in [0.5, 0.6) is 0 Å². The molecular weight excluding hydrogens is 795 g/mol. The summed E-state index contributed by atoms with van der Waals surface area (Å²) < 4.78 is 16.4. The quantitative estimate of drug-likeness (QED) is 0.0449. The van der Waals surface area contributed by atoms with E-state index in [9.17, 15) is 19.2 Å². The van der Waals surface area contributed by atoms with Crippen LogP contribution in [0.25, 0.3) is 0 Å². The van der Waals surface area contributed by atoms with Gasteiger partial charge in [-0.3, -0.25) is 19.2 Å². The van der Waals surface area contributed by atoms with E-state index >= 15 is 0 Å². The Kier molecular flexibility index (Phi) is 50.7. The van der Waals surface area contributed by atoms with Crippen molar-refractivity contribution in [3.05, 3.63) is 0 Å². The van der Waals surface area contributed by atoms with Crippen molar-refractivity contribution >= 4 is 23.9 Å². The van der Waals surface area contributed by atoms with Gasteiger partial charge in [-0.05, 0) is 52.7 Å². The first-order valence-electron chi connectivity index (χ1n) is 26.6. The summed E-state index contributed by atoms with van der Waals surface area (Å²) in [6, 6.07) is 0. The van der Waals surface area contributed by atoms with Gasteiger partial charge < -0.3 is 29.3 Å². The molecule has 374 valence electrons. The van der Waals surface area contributed by atoms with Crippen molar-refractivity contribution in [3.8, 4) is 0 Å². The molecule has 1 heterocycles. The molecule has 0 aliphatic carbocycles. The summed E-state index contributed by atoms with van der Waals surface area (Å²) in [7, 11) is 3.97. The van der Waals surface area contributed by atoms with E-state index in [-0.39, 0.29) is 24.6 Å². The Morgan fingerprint density at radius 3 is 1.10 bits per heavy atom. The molecule has 1 aliphatic heterocycles. The van der Waals surface area contributed by atoms with Crippen molar-refractivity contribution < 1.29 is 43.6 Å². The molecule has 1 aliphatic rings. The Balaban J connectivity index is 0. The molecule has 10 nitrogen and oxygen atoms in total. The Morgan fingerprint density at radius 1 is 0.444 bits per heavy atom. The van der Waals surface area contributed by atoms with Gasteiger partial charge in [0.15, 0.2) is 0 Å². The average molecular weight is 898 g/mol. The number of unbranched alkanes of at least 4 members (excludes halogenated alkanes) is 30. The Bertz CT molecular complexity index is 971. The summed E-state index contributed by atoms with van der Waals surface area (Å²) in [5.74, 6) is -1.68. The van der Waals surface area contributed by atoms with Crippen LogP contribution in [0.15, 0.2) is 0 Å². The number of nitrogens with zero attached hydrogens (tertiary/aromatic N) is 1. The Hall–Kier alpha value is -2.20. The van der Waals surface area contributed by atoms with Crippen LogP contribution >= 0.6 is 0 Å². The van der Waals surface area contributed by atoms with E-state index in [0.29, 0.717) is 32.1 Å². The zero-order valence-corrected chi connectivity index (χ0v) is 42.1. The van der Waals surface area contributed by atoms with Crippen LogP contribution in [-0.2, 0) is 33.4 Å². The van der Waals surface area contributed by atoms with Crippen LogP contribution in [-0.4, -0.2) is 78.6 Å². The van der Waals surface area contributed by atoms with E-state index < -0.39 is 18.2 Å². The lowest BCUT2D eigenvalue weighted by Gasteiger charge is -2.15. The van der Waals surface area contributed by atoms with Gasteiger partial charge in [-0.25, -0.2) is 0 Å². The zero-order valence-electron chi connectivity index (χ0n) is 42.1. The van der Waals surface area contributed by atoms with Crippen LogP contribution in [0.1, 0.15) is 278 Å². The summed E-state index contributed by atoms with van der Waals surface area (Å²) in [6.45, 7) is 7.86. The lowest BCUT2D eigenvalue weighted by molar-refractivity contribution is -0.180. The number of carbonyl (C=O) groups is 4. The molecule has 1 fully saturated rings. The molecule has 2 N–H and O–H groups in total. The number of hydrogen-bond donors (Lipinski definition) is 2. The first-order valence-corrected chi connectivity index (χ1v) is 26.6. The van der Waals surface area contributed by atoms with Crippen molar-refractivity contribution in [2.45, 2.75) is 290 Å². The van der Waals surface area contributed by atoms with Gasteiger partial charge in [0, 0.05) is 32.1 Å². The van der Waals surface area contributed by atoms with Gasteiger partial charge in [0.25, 0.3) is 0 Å². The van der Waals surface area contributed by atoms with Crippen molar-refractivity contribution in [3.63, 3.8) is 0 Å². The Morgan fingerprint density at radius 2 is 0.762 bits per heavy atom. The highest BCUT2D eigenvalue weighted by atomic mass is 16.7. The smallest absolute Gasteiger partial charge is 0.308 e. The van der Waals surface area contributed by atoms with Crippen LogP contribution in [0.2, 0.25) is 0 Å². The molecule has 0 saturated carbocycles. The minimum atomic E-state index is -0.657. The molecule has 2 atom stereocenters. The van der Waals surface area contributed by atoms with Gasteiger partial charge in [0.1, 0.15) is 6.61 Å². The number of carboxylic acid groups (broad SMARTS) is 2. The largest absolute Gasteiger partial charge is 0.481 e. The highest BCUT2D eigenvalue weighted by Gasteiger charge is 2.29. The van der Waals surface area contributed by atoms with Crippen molar-refractivity contribution in [2.24, 2.45) is 0 Å². The maximum atomic E-state index is 12.0. The third-order valence-corrected chi connectivity index (χ3v) is 11.7. The van der Waals surface area contributed by atoms with Crippen LogP contribution in [0.4, 0.5) is 0 Å². The molecule has 1 saturated heterocycles. The highest BCUT2D eigenvalue weighted by Crippen LogP contribution is 2.22. The van der Waals surface area contributed by atoms with E-state index in [1.54, 1.807) is 0 Å². The molecular formula is C53H103NO9. The lowest BCUT2D eigenvalue weighted by atomic mass is 10.1. The molecule has 63 heavy (non-hydrogen) atoms. The standard InChI is InChI=1S/C25H47NO5.2C14H28O2/c1-4-5-6-7-8-9-10-11-12-13-14-16-24(28)31-25-19-18-22(30-25)21-29-23(27)17-15-20-26(2)3;2*1-2-3-4-5-6-7-8-9-10-11-12-13-14(15)16/h22,25H,4-21H2,1-3H3;2*2-13H2,1H3,(H,15,16). The number of rotatable bonds is 43. The summed E-state index contributed by atoms with van der Waals surface area (Å²) in [5, 5.41) is 16.9. The highest BCUT2D eigenvalue weighted by molar-refractivity contribution is 5.69. The minimum absolute atomic E-state index is 0.169. The van der Waals surface area contributed by atoms with E-state index in [1.165, 1.54) is 173 Å². The summed E-state index contributed by atoms with van der Waals surface area (Å²) in [4.78, 5) is 46.3. The van der Waals surface area contributed by atoms with Gasteiger partial charge in [-0.1, -0.05) is 213 Å². The molecule has 0 aromatic heterocycles. The fraction of sp³-hybridized carbons (Fsp3) is 0.925. The second-order valence-electron chi connectivity index (χ2n) is 18.5. The van der Waals surface area contributed by atoms with E-state index in [2.05, 4.69) is 20.8 Å². The van der Waals surface area contributed by atoms with Crippen LogP contribution < -0.4 is 0 Å². The van der Waals surface area contributed by atoms with Crippen LogP contribution in [0, 0.1) is 0 Å². The second kappa shape index (κ2) is 50.8. The third-order valence-electron chi connectivity index (χ3n) is 11.7. The SMILES string of the molecule is CCCCCCCCCCCCCC(=O)O.CCCCCCCCCCCCCC(=O)O.CCCCCCCCCCCCCC(=O)OC1CCC(COC(=O)CCCN(C)C)O1. The molecule has 10 heteroatoms. The number of carbonyl (C=O) groups excluding carboxylic acids is 2. The molecule has 0 bridgehead atoms. The number of esters is 2. The number of hydrogen-bond acceptors (Lipinski definition) is 8. The molecule has 2 unspecified atom stereocenters. The first kappa shape index (κ1) is 62.9. The predicted molar refractivity (Wildman–Crippen MR) is 261 cm³/mol. The molecule has 0 amide bonds. The maximum absolute atomic E-state index is 12.0. The molecule has 0 spiro atoms. The fourth-order valence-corrected chi connectivity index (χ4v) is 7.70. The van der Waals surface area contributed by atoms with E-state index in [4.69, 9.17) is 24.4 Å². The number of aliphatic carboxylic acids is 2. The molecule has 0 aromatic carbocycles. The van der Waals surface area contributed by atoms with E-state index in [0.717, 1.165) is 57.9 Å². The van der Waals surface area contributed by atoms with Gasteiger partial charge in [0.2, 0.25) is 6.29 Å². The van der Waals surface area contributed by atoms with Crippen molar-refractivity contribution in [1.29, 1.82) is 0 Å². The van der Waals surface area contributed by atoms with Crippen molar-refractivity contribution in [2.75, 3.05) is 27.2 Å². The number of carboxylic acids is 2. The van der Waals surface area contributed by atoms with Crippen LogP contribution in [0.3, 0.4) is 0 Å². The predicted octanol–water partition coefficient (Wildman–Crippen LogP) is 15.2. The monoisotopic (exact) mass is 898 g/mol. The second-order valence-corrected chi connectivity index (χ2v) is 18.5. The fourth-order valence-electron chi connectivity index (χ4n) is 7.70. The molecule has 0 radical (unpaired) electrons. The normalized spacial score (nSPS) is 14.4. The average Bonchev–Trinajstić information content (AvgIpc) is 3.70. The topological polar surface area (TPSA) is 140 Å². The molecule has 1 rings (SSSR count). The minimum Gasteiger partial charge on any atom is -0.481 e. The summed E-state index contributed by atoms with van der Waals surface area (Å²) in [6.07, 6.45) is 45.1. The van der Waals surface area contributed by atoms with Gasteiger partial charge in [-0.15, -0.1) is 0 Å². The zero-order chi connectivity index (χ0) is 46.9. The number of ether oxygens (including phenoxy) is 3. The van der Waals surface area contributed by atoms with Gasteiger partial charge in [-0.2, -0.15) is 0 Å². The summed E-state index contributed by atoms with van der Waals surface area (Å²) >= 11 is 0. The molecule has 0 aromatic rings. The maximum Gasteiger partial charge on any atom is 0.308 e.